The molecule has 0 spiro atoms. The van der Waals surface area contributed by atoms with E-state index in [1.165, 1.54) is 25.2 Å². The average molecular weight is 462 g/mol. The molecule has 6 nitrogen and oxygen atoms in total. The molecule has 1 aromatic rings. The molecule has 0 saturated carbocycles. The number of imide groups is 1. The van der Waals surface area contributed by atoms with Crippen LogP contribution >= 0.6 is 58.4 Å². The molecule has 2 unspecified atom stereocenters. The van der Waals surface area contributed by atoms with Gasteiger partial charge in [-0.1, -0.05) is 58.9 Å². The summed E-state index contributed by atoms with van der Waals surface area (Å²) in [6, 6.07) is 4.72. The fraction of sp³-hybridized carbons (Fsp3) is 0.357. The fourth-order valence-corrected chi connectivity index (χ4v) is 3.10. The van der Waals surface area contributed by atoms with E-state index in [9.17, 15) is 14.0 Å². The number of rotatable bonds is 5. The highest BCUT2D eigenvalue weighted by molar-refractivity contribution is 7.96. The van der Waals surface area contributed by atoms with E-state index in [1.54, 1.807) is 6.26 Å². The molecule has 1 aromatic carbocycles. The van der Waals surface area contributed by atoms with Crippen LogP contribution in [-0.4, -0.2) is 51.3 Å². The van der Waals surface area contributed by atoms with Gasteiger partial charge in [0.2, 0.25) is 9.63 Å². The molecule has 12 heteroatoms. The summed E-state index contributed by atoms with van der Waals surface area (Å²) in [5.74, 6) is -1.77. The lowest BCUT2D eigenvalue weighted by molar-refractivity contribution is -0.119. The van der Waals surface area contributed by atoms with Crippen molar-refractivity contribution in [2.45, 2.75) is 15.3 Å². The standard InChI is InChI=1S/C14H13Cl4FN4O2S/c1-22-12(24)11(20-10(21-26-2)9(15)14(16,17)18)23(13(22)25)8-6-4-3-5-7(8)19/h3-6,9-10,21H,1-2H3/b20-11-. The van der Waals surface area contributed by atoms with Crippen molar-refractivity contribution in [3.8, 4) is 0 Å². The van der Waals surface area contributed by atoms with Crippen LogP contribution in [0.3, 0.4) is 0 Å². The number of benzene rings is 1. The maximum absolute atomic E-state index is 14.2. The summed E-state index contributed by atoms with van der Waals surface area (Å²) in [5, 5.41) is -1.18. The number of nitrogens with zero attached hydrogens (tertiary/aromatic N) is 3. The number of hydrogen-bond donors (Lipinski definition) is 1. The lowest BCUT2D eigenvalue weighted by atomic mass is 10.2. The summed E-state index contributed by atoms with van der Waals surface area (Å²) < 4.78 is 15.1. The number of urea groups is 1. The highest BCUT2D eigenvalue weighted by Gasteiger charge is 2.44. The van der Waals surface area contributed by atoms with Gasteiger partial charge in [-0.25, -0.2) is 23.8 Å². The zero-order chi connectivity index (χ0) is 19.6. The molecule has 2 rings (SSSR count). The number of anilines is 1. The molecule has 1 saturated heterocycles. The van der Waals surface area contributed by atoms with Crippen LogP contribution in [0.5, 0.6) is 0 Å². The molecule has 1 N–H and O–H groups in total. The third-order valence-corrected chi connectivity index (χ3v) is 5.45. The quantitative estimate of drug-likeness (QED) is 0.411. The SMILES string of the molecule is CSNC(/N=C1/C(=O)N(C)C(=O)N1c1ccccc1F)C(Cl)C(Cl)(Cl)Cl. The number of hydrogen-bond acceptors (Lipinski definition) is 5. The molecular formula is C14H13Cl4FN4O2S. The number of amides is 3. The van der Waals surface area contributed by atoms with Crippen molar-refractivity contribution in [2.24, 2.45) is 4.99 Å². The summed E-state index contributed by atoms with van der Waals surface area (Å²) in [4.78, 5) is 30.7. The van der Waals surface area contributed by atoms with Crippen molar-refractivity contribution >= 4 is 81.8 Å². The Bertz CT molecular complexity index is 746. The first-order chi connectivity index (χ1) is 12.1. The van der Waals surface area contributed by atoms with Crippen LogP contribution in [0.1, 0.15) is 0 Å². The highest BCUT2D eigenvalue weighted by atomic mass is 35.6. The highest BCUT2D eigenvalue weighted by Crippen LogP contribution is 2.37. The van der Waals surface area contributed by atoms with Crippen LogP contribution in [0.2, 0.25) is 0 Å². The van der Waals surface area contributed by atoms with Crippen LogP contribution in [-0.2, 0) is 4.79 Å². The van der Waals surface area contributed by atoms with Gasteiger partial charge in [0.1, 0.15) is 17.4 Å². The van der Waals surface area contributed by atoms with E-state index in [0.29, 0.717) is 0 Å². The molecule has 0 aromatic heterocycles. The van der Waals surface area contributed by atoms with Crippen molar-refractivity contribution in [1.82, 2.24) is 9.62 Å². The number of amidine groups is 1. The van der Waals surface area contributed by atoms with Gasteiger partial charge in [0, 0.05) is 7.05 Å². The third kappa shape index (κ3) is 4.37. The van der Waals surface area contributed by atoms with Gasteiger partial charge in [0.05, 0.1) is 5.69 Å². The summed E-state index contributed by atoms with van der Waals surface area (Å²) in [7, 11) is 1.26. The van der Waals surface area contributed by atoms with Crippen molar-refractivity contribution in [3.05, 3.63) is 30.1 Å². The summed E-state index contributed by atoms with van der Waals surface area (Å²) in [6.07, 6.45) is 0.629. The predicted molar refractivity (Wildman–Crippen MR) is 105 cm³/mol. The Balaban J connectivity index is 2.54. The minimum Gasteiger partial charge on any atom is -0.265 e. The van der Waals surface area contributed by atoms with Gasteiger partial charge in [-0.2, -0.15) is 0 Å². The van der Waals surface area contributed by atoms with Crippen LogP contribution in [0, 0.1) is 5.82 Å². The molecular weight excluding hydrogens is 449 g/mol. The summed E-state index contributed by atoms with van der Waals surface area (Å²) in [6.45, 7) is 0. The minimum atomic E-state index is -1.90. The Hall–Kier alpha value is -0.770. The third-order valence-electron chi connectivity index (χ3n) is 3.37. The maximum atomic E-state index is 14.2. The van der Waals surface area contributed by atoms with E-state index in [2.05, 4.69) is 9.71 Å². The number of halogens is 5. The first-order valence-corrected chi connectivity index (χ1v) is 9.82. The summed E-state index contributed by atoms with van der Waals surface area (Å²) in [5.41, 5.74) is -0.128. The number of para-hydroxylation sites is 1. The van der Waals surface area contributed by atoms with Crippen molar-refractivity contribution in [1.29, 1.82) is 0 Å². The van der Waals surface area contributed by atoms with Crippen molar-refractivity contribution < 1.29 is 14.0 Å². The topological polar surface area (TPSA) is 65.0 Å². The monoisotopic (exact) mass is 460 g/mol. The molecule has 1 aliphatic rings. The molecule has 26 heavy (non-hydrogen) atoms. The van der Waals surface area contributed by atoms with E-state index in [4.69, 9.17) is 46.4 Å². The zero-order valence-corrected chi connectivity index (χ0v) is 17.3. The number of carbonyl (C=O) groups is 2. The Morgan fingerprint density at radius 2 is 1.88 bits per heavy atom. The first-order valence-electron chi connectivity index (χ1n) is 7.03. The second kappa shape index (κ2) is 8.50. The average Bonchev–Trinajstić information content (AvgIpc) is 2.78. The number of nitrogens with one attached hydrogen (secondary N) is 1. The molecule has 0 aliphatic carbocycles. The van der Waals surface area contributed by atoms with E-state index in [1.807, 2.05) is 0 Å². The predicted octanol–water partition coefficient (Wildman–Crippen LogP) is 3.79. The smallest absolute Gasteiger partial charge is 0.265 e. The molecule has 0 radical (unpaired) electrons. The van der Waals surface area contributed by atoms with Crippen LogP contribution in [0.15, 0.2) is 29.3 Å². The lowest BCUT2D eigenvalue weighted by Crippen LogP contribution is -2.42. The Labute approximate surface area is 173 Å². The van der Waals surface area contributed by atoms with Gasteiger partial charge < -0.3 is 0 Å². The van der Waals surface area contributed by atoms with E-state index in [-0.39, 0.29) is 11.5 Å². The Kier molecular flexibility index (Phi) is 7.04. The fourth-order valence-electron chi connectivity index (χ4n) is 2.12. The second-order valence-electron chi connectivity index (χ2n) is 5.10. The normalized spacial score (nSPS) is 19.4. The molecule has 1 heterocycles. The second-order valence-corrected chi connectivity index (χ2v) is 8.58. The molecule has 1 fully saturated rings. The minimum absolute atomic E-state index is 0.128. The molecule has 142 valence electrons. The van der Waals surface area contributed by atoms with Gasteiger partial charge in [-0.05, 0) is 18.4 Å². The van der Waals surface area contributed by atoms with Gasteiger partial charge in [0.25, 0.3) is 5.91 Å². The zero-order valence-electron chi connectivity index (χ0n) is 13.4. The largest absolute Gasteiger partial charge is 0.337 e. The van der Waals surface area contributed by atoms with E-state index >= 15 is 0 Å². The van der Waals surface area contributed by atoms with Crippen LogP contribution in [0.25, 0.3) is 0 Å². The number of carbonyl (C=O) groups excluding carboxylic acids is 2. The molecule has 1 aliphatic heterocycles. The number of aliphatic imine (C=N–C) groups is 1. The number of likely N-dealkylation sites (N-methyl/N-ethyl adjacent to an activating group) is 1. The van der Waals surface area contributed by atoms with E-state index in [0.717, 1.165) is 27.8 Å². The van der Waals surface area contributed by atoms with E-state index < -0.39 is 33.1 Å². The maximum Gasteiger partial charge on any atom is 0.337 e. The van der Waals surface area contributed by atoms with Crippen LogP contribution < -0.4 is 9.62 Å². The van der Waals surface area contributed by atoms with Crippen LogP contribution in [0.4, 0.5) is 14.9 Å². The van der Waals surface area contributed by atoms with Crippen molar-refractivity contribution in [3.63, 3.8) is 0 Å². The Morgan fingerprint density at radius 1 is 1.27 bits per heavy atom. The van der Waals surface area contributed by atoms with Gasteiger partial charge in [-0.3, -0.25) is 9.69 Å². The van der Waals surface area contributed by atoms with Gasteiger partial charge in [0.15, 0.2) is 0 Å². The summed E-state index contributed by atoms with van der Waals surface area (Å²) >= 11 is 24.7. The lowest BCUT2D eigenvalue weighted by Gasteiger charge is -2.25. The Morgan fingerprint density at radius 3 is 2.42 bits per heavy atom. The first kappa shape index (κ1) is 21.5. The van der Waals surface area contributed by atoms with Crippen molar-refractivity contribution in [2.75, 3.05) is 18.2 Å². The number of alkyl halides is 4. The molecule has 0 bridgehead atoms. The molecule has 2 atom stereocenters. The molecule has 3 amide bonds. The van der Waals surface area contributed by atoms with Gasteiger partial charge in [-0.15, -0.1) is 11.6 Å². The van der Waals surface area contributed by atoms with Gasteiger partial charge >= 0.3 is 6.03 Å².